The maximum Gasteiger partial charge on any atom is 0.248 e. The number of pyridine rings is 1. The van der Waals surface area contributed by atoms with Crippen molar-refractivity contribution < 1.29 is 9.53 Å². The number of thiophene rings is 1. The van der Waals surface area contributed by atoms with Gasteiger partial charge in [-0.1, -0.05) is 6.07 Å². The van der Waals surface area contributed by atoms with Gasteiger partial charge in [0.15, 0.2) is 0 Å². The predicted octanol–water partition coefficient (Wildman–Crippen LogP) is 3.41. The van der Waals surface area contributed by atoms with E-state index in [1.807, 2.05) is 42.8 Å². The van der Waals surface area contributed by atoms with Crippen LogP contribution in [0.2, 0.25) is 0 Å². The second-order valence-corrected chi connectivity index (χ2v) is 6.89. The van der Waals surface area contributed by atoms with Gasteiger partial charge in [-0.05, 0) is 42.1 Å². The van der Waals surface area contributed by atoms with Gasteiger partial charge in [0.05, 0.1) is 13.2 Å². The quantitative estimate of drug-likeness (QED) is 0.660. The van der Waals surface area contributed by atoms with Crippen LogP contribution in [0.3, 0.4) is 0 Å². The van der Waals surface area contributed by atoms with E-state index < -0.39 is 0 Å². The van der Waals surface area contributed by atoms with E-state index in [-0.39, 0.29) is 11.5 Å². The van der Waals surface area contributed by atoms with Crippen LogP contribution < -0.4 is 10.3 Å². The Morgan fingerprint density at radius 2 is 2.12 bits per heavy atom. The highest BCUT2D eigenvalue weighted by molar-refractivity contribution is 7.09. The van der Waals surface area contributed by atoms with Crippen LogP contribution in [0, 0.1) is 0 Å². The zero-order valence-electron chi connectivity index (χ0n) is 14.0. The number of carbonyl (C=O) groups is 1. The maximum absolute atomic E-state index is 12.1. The Balaban J connectivity index is 1.45. The van der Waals surface area contributed by atoms with Crippen molar-refractivity contribution >= 4 is 28.1 Å². The molecule has 3 aromatic rings. The predicted molar refractivity (Wildman–Crippen MR) is 100 cm³/mol. The molecule has 0 radical (unpaired) electrons. The van der Waals surface area contributed by atoms with Crippen LogP contribution >= 0.6 is 11.3 Å². The van der Waals surface area contributed by atoms with Gasteiger partial charge in [0.2, 0.25) is 11.5 Å². The van der Waals surface area contributed by atoms with Gasteiger partial charge in [-0.15, -0.1) is 11.3 Å². The van der Waals surface area contributed by atoms with E-state index in [0.717, 1.165) is 16.7 Å². The van der Waals surface area contributed by atoms with E-state index in [1.165, 1.54) is 10.9 Å². The van der Waals surface area contributed by atoms with Crippen LogP contribution in [0.15, 0.2) is 52.6 Å². The molecule has 25 heavy (non-hydrogen) atoms. The second kappa shape index (κ2) is 7.98. The monoisotopic (exact) mass is 356 g/mol. The zero-order chi connectivity index (χ0) is 17.6. The number of aromatic nitrogens is 1. The molecule has 5 nitrogen and oxygen atoms in total. The first-order valence-corrected chi connectivity index (χ1v) is 9.02. The van der Waals surface area contributed by atoms with Crippen LogP contribution in [0.5, 0.6) is 5.75 Å². The fourth-order valence-corrected chi connectivity index (χ4v) is 3.31. The lowest BCUT2D eigenvalue weighted by atomic mass is 10.2. The first kappa shape index (κ1) is 17.2. The molecule has 2 aromatic heterocycles. The first-order valence-electron chi connectivity index (χ1n) is 8.14. The van der Waals surface area contributed by atoms with Crippen LogP contribution in [0.25, 0.3) is 10.9 Å². The van der Waals surface area contributed by atoms with Crippen LogP contribution in [0.4, 0.5) is 0 Å². The number of amides is 1. The number of rotatable bonds is 7. The fourth-order valence-electron chi connectivity index (χ4n) is 2.55. The molecule has 0 aliphatic carbocycles. The molecule has 0 aliphatic heterocycles. The lowest BCUT2D eigenvalue weighted by Gasteiger charge is -2.16. The van der Waals surface area contributed by atoms with E-state index >= 15 is 0 Å². The Morgan fingerprint density at radius 1 is 1.24 bits per heavy atom. The van der Waals surface area contributed by atoms with Crippen LogP contribution in [0.1, 0.15) is 17.7 Å². The highest BCUT2D eigenvalue weighted by Crippen LogP contribution is 2.18. The number of ether oxygens (including phenoxy) is 1. The third-order valence-corrected chi connectivity index (χ3v) is 4.76. The summed E-state index contributed by atoms with van der Waals surface area (Å²) in [6, 6.07) is 12.8. The van der Waals surface area contributed by atoms with Crippen LogP contribution in [-0.2, 0) is 11.3 Å². The number of carbonyl (C=O) groups excluding carboxylic acids is 1. The molecular formula is C19H20N2O3S. The van der Waals surface area contributed by atoms with Crippen molar-refractivity contribution in [3.05, 3.63) is 63.1 Å². The molecule has 1 amide bonds. The van der Waals surface area contributed by atoms with Gasteiger partial charge in [0, 0.05) is 35.3 Å². The smallest absolute Gasteiger partial charge is 0.248 e. The van der Waals surface area contributed by atoms with Gasteiger partial charge in [-0.25, -0.2) is 0 Å². The van der Waals surface area contributed by atoms with Crippen molar-refractivity contribution in [3.63, 3.8) is 0 Å². The number of hydrogen-bond donors (Lipinski definition) is 1. The molecule has 0 saturated carbocycles. The average Bonchev–Trinajstić information content (AvgIpc) is 3.11. The Morgan fingerprint density at radius 3 is 2.92 bits per heavy atom. The third-order valence-electron chi connectivity index (χ3n) is 3.90. The number of benzene rings is 1. The molecule has 2 heterocycles. The van der Waals surface area contributed by atoms with E-state index in [0.29, 0.717) is 26.0 Å². The van der Waals surface area contributed by atoms with E-state index in [1.54, 1.807) is 22.3 Å². The summed E-state index contributed by atoms with van der Waals surface area (Å²) < 4.78 is 5.72. The van der Waals surface area contributed by atoms with E-state index in [4.69, 9.17) is 4.74 Å². The molecule has 3 rings (SSSR count). The van der Waals surface area contributed by atoms with Gasteiger partial charge < -0.3 is 14.6 Å². The minimum atomic E-state index is -0.119. The van der Waals surface area contributed by atoms with Crippen molar-refractivity contribution in [2.45, 2.75) is 19.4 Å². The second-order valence-electron chi connectivity index (χ2n) is 5.85. The Labute approximate surface area is 149 Å². The van der Waals surface area contributed by atoms with Crippen molar-refractivity contribution in [1.29, 1.82) is 0 Å². The summed E-state index contributed by atoms with van der Waals surface area (Å²) in [5.41, 5.74) is 0.663. The number of nitrogens with one attached hydrogen (secondary N) is 1. The highest BCUT2D eigenvalue weighted by atomic mass is 32.1. The molecule has 0 spiro atoms. The maximum atomic E-state index is 12.1. The Kier molecular flexibility index (Phi) is 5.50. The van der Waals surface area contributed by atoms with Crippen LogP contribution in [-0.4, -0.2) is 29.4 Å². The lowest BCUT2D eigenvalue weighted by Crippen LogP contribution is -2.25. The molecule has 0 atom stereocenters. The molecule has 130 valence electrons. The molecular weight excluding hydrogens is 336 g/mol. The summed E-state index contributed by atoms with van der Waals surface area (Å²) in [4.78, 5) is 29.1. The largest absolute Gasteiger partial charge is 0.494 e. The molecule has 0 unspecified atom stereocenters. The van der Waals surface area contributed by atoms with E-state index in [9.17, 15) is 9.59 Å². The number of hydrogen-bond acceptors (Lipinski definition) is 4. The standard InChI is InChI=1S/C19H20N2O3S/c1-21(13-16-4-3-11-25-16)19(23)5-2-10-24-15-7-8-17-14(12-15)6-9-18(22)20-17/h3-4,6-9,11-12H,2,5,10,13H2,1H3,(H,20,22). The molecule has 1 N–H and O–H groups in total. The molecule has 0 fully saturated rings. The molecule has 6 heteroatoms. The topological polar surface area (TPSA) is 62.4 Å². The fraction of sp³-hybridized carbons (Fsp3) is 0.263. The summed E-state index contributed by atoms with van der Waals surface area (Å²) in [6.07, 6.45) is 1.13. The summed E-state index contributed by atoms with van der Waals surface area (Å²) >= 11 is 1.66. The number of H-pyrrole nitrogens is 1. The van der Waals surface area contributed by atoms with Gasteiger partial charge >= 0.3 is 0 Å². The minimum absolute atomic E-state index is 0.119. The first-order chi connectivity index (χ1) is 12.1. The SMILES string of the molecule is CN(Cc1cccs1)C(=O)CCCOc1ccc2[nH]c(=O)ccc2c1. The number of aromatic amines is 1. The lowest BCUT2D eigenvalue weighted by molar-refractivity contribution is -0.130. The Hall–Kier alpha value is -2.60. The van der Waals surface area contributed by atoms with Gasteiger partial charge in [-0.3, -0.25) is 9.59 Å². The zero-order valence-corrected chi connectivity index (χ0v) is 14.8. The highest BCUT2D eigenvalue weighted by Gasteiger charge is 2.09. The molecule has 0 bridgehead atoms. The van der Waals surface area contributed by atoms with E-state index in [2.05, 4.69) is 4.98 Å². The van der Waals surface area contributed by atoms with Crippen molar-refractivity contribution in [2.24, 2.45) is 0 Å². The summed E-state index contributed by atoms with van der Waals surface area (Å²) in [5.74, 6) is 0.854. The minimum Gasteiger partial charge on any atom is -0.494 e. The van der Waals surface area contributed by atoms with Gasteiger partial charge in [-0.2, -0.15) is 0 Å². The summed E-state index contributed by atoms with van der Waals surface area (Å²) in [5, 5.41) is 2.93. The number of fused-ring (bicyclic) bond motifs is 1. The van der Waals surface area contributed by atoms with Crippen molar-refractivity contribution in [3.8, 4) is 5.75 Å². The molecule has 0 aliphatic rings. The Bertz CT molecular complexity index is 902. The molecule has 1 aromatic carbocycles. The van der Waals surface area contributed by atoms with Gasteiger partial charge in [0.1, 0.15) is 5.75 Å². The third kappa shape index (κ3) is 4.70. The van der Waals surface area contributed by atoms with Crippen molar-refractivity contribution in [1.82, 2.24) is 9.88 Å². The number of nitrogens with zero attached hydrogens (tertiary/aromatic N) is 1. The van der Waals surface area contributed by atoms with Crippen molar-refractivity contribution in [2.75, 3.05) is 13.7 Å². The summed E-state index contributed by atoms with van der Waals surface area (Å²) in [6.45, 7) is 1.13. The summed E-state index contributed by atoms with van der Waals surface area (Å²) in [7, 11) is 1.83. The average molecular weight is 356 g/mol. The van der Waals surface area contributed by atoms with Gasteiger partial charge in [0.25, 0.3) is 0 Å². The molecule has 0 saturated heterocycles. The normalized spacial score (nSPS) is 10.8.